The number of rotatable bonds is 4. The van der Waals surface area contributed by atoms with Crippen molar-refractivity contribution < 1.29 is 14.3 Å². The maximum absolute atomic E-state index is 12.6. The molecule has 2 aromatic heterocycles. The van der Waals surface area contributed by atoms with Crippen molar-refractivity contribution >= 4 is 17.2 Å². The van der Waals surface area contributed by atoms with E-state index in [0.717, 1.165) is 5.69 Å². The van der Waals surface area contributed by atoms with Crippen molar-refractivity contribution in [2.45, 2.75) is 6.92 Å². The highest BCUT2D eigenvalue weighted by atomic mass is 16.5. The van der Waals surface area contributed by atoms with E-state index in [9.17, 15) is 4.79 Å². The smallest absolute Gasteiger partial charge is 0.259 e. The lowest BCUT2D eigenvalue weighted by Gasteiger charge is -2.11. The van der Waals surface area contributed by atoms with Gasteiger partial charge >= 0.3 is 0 Å². The van der Waals surface area contributed by atoms with Crippen LogP contribution in [0.2, 0.25) is 0 Å². The summed E-state index contributed by atoms with van der Waals surface area (Å²) in [6.07, 6.45) is 3.74. The number of carbonyl (C=O) groups is 1. The molecule has 3 aromatic rings. The fraction of sp³-hybridized carbons (Fsp3) is 0.176. The van der Waals surface area contributed by atoms with Crippen LogP contribution in [0.15, 0.2) is 42.7 Å². The summed E-state index contributed by atoms with van der Waals surface area (Å²) >= 11 is 0. The Kier molecular flexibility index (Phi) is 3.89. The molecule has 0 aliphatic carbocycles. The van der Waals surface area contributed by atoms with Crippen LogP contribution in [0.3, 0.4) is 0 Å². The molecule has 2 heterocycles. The average Bonchev–Trinajstić information content (AvgIpc) is 2.94. The highest BCUT2D eigenvalue weighted by molar-refractivity contribution is 6.08. The number of nitrogens with one attached hydrogen (secondary N) is 1. The third kappa shape index (κ3) is 2.83. The molecule has 0 fully saturated rings. The summed E-state index contributed by atoms with van der Waals surface area (Å²) in [4.78, 5) is 16.9. The molecule has 23 heavy (non-hydrogen) atoms. The van der Waals surface area contributed by atoms with E-state index in [-0.39, 0.29) is 5.91 Å². The Morgan fingerprint density at radius 1 is 1.17 bits per heavy atom. The molecule has 1 aromatic carbocycles. The number of pyridine rings is 1. The number of ether oxygens (including phenoxy) is 2. The van der Waals surface area contributed by atoms with Crippen molar-refractivity contribution in [1.82, 2.24) is 9.38 Å². The molecule has 0 atom stereocenters. The molecular weight excluding hydrogens is 294 g/mol. The van der Waals surface area contributed by atoms with E-state index in [0.29, 0.717) is 28.4 Å². The zero-order chi connectivity index (χ0) is 16.4. The number of imidazole rings is 1. The van der Waals surface area contributed by atoms with Crippen molar-refractivity contribution in [3.63, 3.8) is 0 Å². The number of hydrogen-bond acceptors (Lipinski definition) is 4. The Morgan fingerprint density at radius 3 is 2.70 bits per heavy atom. The van der Waals surface area contributed by atoms with Gasteiger partial charge in [-0.05, 0) is 31.2 Å². The number of nitrogens with zero attached hydrogens (tertiary/aromatic N) is 2. The number of carbonyl (C=O) groups excluding carboxylic acids is 1. The van der Waals surface area contributed by atoms with Crippen LogP contribution >= 0.6 is 0 Å². The first kappa shape index (κ1) is 14.9. The third-order valence-corrected chi connectivity index (χ3v) is 3.49. The molecule has 118 valence electrons. The lowest BCUT2D eigenvalue weighted by atomic mass is 10.2. The van der Waals surface area contributed by atoms with Gasteiger partial charge in [0, 0.05) is 24.1 Å². The Bertz CT molecular complexity index is 871. The van der Waals surface area contributed by atoms with Gasteiger partial charge in [0.25, 0.3) is 5.91 Å². The molecule has 0 aliphatic heterocycles. The van der Waals surface area contributed by atoms with Crippen LogP contribution in [0, 0.1) is 6.92 Å². The number of amides is 1. The molecule has 3 rings (SSSR count). The monoisotopic (exact) mass is 311 g/mol. The SMILES string of the molecule is COc1ccc(NC(=O)c2cccn3cc(C)nc23)cc1OC. The number of anilines is 1. The van der Waals surface area contributed by atoms with E-state index in [1.165, 1.54) is 0 Å². The van der Waals surface area contributed by atoms with E-state index in [2.05, 4.69) is 10.3 Å². The highest BCUT2D eigenvalue weighted by Crippen LogP contribution is 2.30. The number of hydrogen-bond donors (Lipinski definition) is 1. The first-order valence-corrected chi connectivity index (χ1v) is 7.10. The normalized spacial score (nSPS) is 10.6. The van der Waals surface area contributed by atoms with Gasteiger partial charge in [-0.3, -0.25) is 4.79 Å². The van der Waals surface area contributed by atoms with Crippen LogP contribution in [0.1, 0.15) is 16.1 Å². The predicted octanol–water partition coefficient (Wildman–Crippen LogP) is 2.91. The Morgan fingerprint density at radius 2 is 1.96 bits per heavy atom. The van der Waals surface area contributed by atoms with E-state index >= 15 is 0 Å². The summed E-state index contributed by atoms with van der Waals surface area (Å²) in [5.41, 5.74) is 2.62. The van der Waals surface area contributed by atoms with Gasteiger partial charge in [0.15, 0.2) is 11.5 Å². The molecule has 0 aliphatic rings. The minimum Gasteiger partial charge on any atom is -0.493 e. The fourth-order valence-corrected chi connectivity index (χ4v) is 2.43. The van der Waals surface area contributed by atoms with E-state index < -0.39 is 0 Å². The third-order valence-electron chi connectivity index (χ3n) is 3.49. The van der Waals surface area contributed by atoms with Crippen molar-refractivity contribution in [2.24, 2.45) is 0 Å². The fourth-order valence-electron chi connectivity index (χ4n) is 2.43. The maximum Gasteiger partial charge on any atom is 0.259 e. The molecular formula is C17H17N3O3. The second-order valence-corrected chi connectivity index (χ2v) is 5.06. The van der Waals surface area contributed by atoms with Crippen LogP contribution in [-0.4, -0.2) is 29.5 Å². The summed E-state index contributed by atoms with van der Waals surface area (Å²) < 4.78 is 12.3. The molecule has 1 amide bonds. The predicted molar refractivity (Wildman–Crippen MR) is 87.4 cm³/mol. The van der Waals surface area contributed by atoms with Crippen LogP contribution < -0.4 is 14.8 Å². The second kappa shape index (κ2) is 6.00. The van der Waals surface area contributed by atoms with Crippen LogP contribution in [0.5, 0.6) is 11.5 Å². The van der Waals surface area contributed by atoms with Crippen LogP contribution in [-0.2, 0) is 0 Å². The summed E-state index contributed by atoms with van der Waals surface area (Å²) in [5.74, 6) is 0.935. The van der Waals surface area contributed by atoms with E-state index in [1.807, 2.05) is 29.8 Å². The highest BCUT2D eigenvalue weighted by Gasteiger charge is 2.13. The number of benzene rings is 1. The summed E-state index contributed by atoms with van der Waals surface area (Å²) in [6.45, 7) is 1.89. The molecule has 0 bridgehead atoms. The lowest BCUT2D eigenvalue weighted by Crippen LogP contribution is -2.13. The molecule has 0 radical (unpaired) electrons. The standard InChI is InChI=1S/C17H17N3O3/c1-11-10-20-8-4-5-13(16(20)18-11)17(21)19-12-6-7-14(22-2)15(9-12)23-3/h4-10H,1-3H3,(H,19,21). The zero-order valence-electron chi connectivity index (χ0n) is 13.2. The minimum absolute atomic E-state index is 0.228. The molecule has 0 saturated carbocycles. The topological polar surface area (TPSA) is 64.9 Å². The number of aryl methyl sites for hydroxylation is 1. The average molecular weight is 311 g/mol. The largest absolute Gasteiger partial charge is 0.493 e. The molecule has 0 saturated heterocycles. The zero-order valence-corrected chi connectivity index (χ0v) is 13.2. The Labute approximate surface area is 133 Å². The van der Waals surface area contributed by atoms with E-state index in [1.54, 1.807) is 38.5 Å². The molecule has 6 heteroatoms. The summed E-state index contributed by atoms with van der Waals surface area (Å²) in [6, 6.07) is 8.79. The minimum atomic E-state index is -0.228. The van der Waals surface area contributed by atoms with Gasteiger partial charge in [-0.2, -0.15) is 0 Å². The quantitative estimate of drug-likeness (QED) is 0.804. The molecule has 6 nitrogen and oxygen atoms in total. The van der Waals surface area contributed by atoms with Crippen molar-refractivity contribution in [3.05, 3.63) is 54.0 Å². The van der Waals surface area contributed by atoms with Gasteiger partial charge < -0.3 is 19.2 Å². The maximum atomic E-state index is 12.6. The van der Waals surface area contributed by atoms with Crippen molar-refractivity contribution in [2.75, 3.05) is 19.5 Å². The van der Waals surface area contributed by atoms with Crippen molar-refractivity contribution in [1.29, 1.82) is 0 Å². The molecule has 0 spiro atoms. The van der Waals surface area contributed by atoms with Crippen LogP contribution in [0.4, 0.5) is 5.69 Å². The molecule has 0 unspecified atom stereocenters. The van der Waals surface area contributed by atoms with Crippen LogP contribution in [0.25, 0.3) is 5.65 Å². The van der Waals surface area contributed by atoms with Gasteiger partial charge in [0.2, 0.25) is 0 Å². The van der Waals surface area contributed by atoms with Gasteiger partial charge in [0.05, 0.1) is 25.5 Å². The number of aromatic nitrogens is 2. The lowest BCUT2D eigenvalue weighted by molar-refractivity contribution is 0.102. The van der Waals surface area contributed by atoms with Gasteiger partial charge in [-0.25, -0.2) is 4.98 Å². The summed E-state index contributed by atoms with van der Waals surface area (Å²) in [5, 5.41) is 2.86. The van der Waals surface area contributed by atoms with Gasteiger partial charge in [-0.1, -0.05) is 0 Å². The summed E-state index contributed by atoms with van der Waals surface area (Å²) in [7, 11) is 3.12. The van der Waals surface area contributed by atoms with Crippen molar-refractivity contribution in [3.8, 4) is 11.5 Å². The van der Waals surface area contributed by atoms with Gasteiger partial charge in [0.1, 0.15) is 5.65 Å². The first-order valence-electron chi connectivity index (χ1n) is 7.10. The molecule has 1 N–H and O–H groups in total. The van der Waals surface area contributed by atoms with E-state index in [4.69, 9.17) is 9.47 Å². The second-order valence-electron chi connectivity index (χ2n) is 5.06. The number of methoxy groups -OCH3 is 2. The Balaban J connectivity index is 1.92. The Hall–Kier alpha value is -3.02. The van der Waals surface area contributed by atoms with Gasteiger partial charge in [-0.15, -0.1) is 0 Å². The number of fused-ring (bicyclic) bond motifs is 1. The first-order chi connectivity index (χ1) is 11.1.